The fraction of sp³-hybridized carbons (Fsp3) is 0.625. The molecule has 1 aliphatic heterocycles. The average molecular weight is 323 g/mol. The second-order valence-corrected chi connectivity index (χ2v) is 6.93. The Morgan fingerprint density at radius 2 is 1.95 bits per heavy atom. The summed E-state index contributed by atoms with van der Waals surface area (Å²) >= 11 is 3.59. The number of nitrogens with two attached hydrogens (primary N) is 1. The van der Waals surface area contributed by atoms with Crippen LogP contribution in [0.25, 0.3) is 0 Å². The van der Waals surface area contributed by atoms with Gasteiger partial charge in [-0.1, -0.05) is 41.3 Å². The zero-order valence-electron chi connectivity index (χ0n) is 11.4. The van der Waals surface area contributed by atoms with Crippen molar-refractivity contribution in [3.05, 3.63) is 28.2 Å². The fourth-order valence-corrected chi connectivity index (χ4v) is 4.17. The summed E-state index contributed by atoms with van der Waals surface area (Å²) in [6, 6.07) is 6.50. The first-order valence-electron chi connectivity index (χ1n) is 7.51. The van der Waals surface area contributed by atoms with Crippen LogP contribution in [-0.4, -0.2) is 13.1 Å². The molecule has 3 rings (SSSR count). The molecular weight excluding hydrogens is 300 g/mol. The summed E-state index contributed by atoms with van der Waals surface area (Å²) in [5.41, 5.74) is 8.52. The summed E-state index contributed by atoms with van der Waals surface area (Å²) in [6.07, 6.45) is 7.12. The lowest BCUT2D eigenvalue weighted by Crippen LogP contribution is -2.42. The van der Waals surface area contributed by atoms with Crippen LogP contribution in [-0.2, 0) is 6.54 Å². The minimum absolute atomic E-state index is 0.632. The highest BCUT2D eigenvalue weighted by atomic mass is 79.9. The molecule has 1 saturated heterocycles. The maximum Gasteiger partial charge on any atom is 0.0423 e. The van der Waals surface area contributed by atoms with E-state index < -0.39 is 0 Å². The van der Waals surface area contributed by atoms with Gasteiger partial charge in [0.15, 0.2) is 0 Å². The Balaban J connectivity index is 1.80. The molecule has 3 heteroatoms. The van der Waals surface area contributed by atoms with E-state index >= 15 is 0 Å². The van der Waals surface area contributed by atoms with Crippen LogP contribution in [0.3, 0.4) is 0 Å². The van der Waals surface area contributed by atoms with Crippen molar-refractivity contribution in [3.8, 4) is 0 Å². The van der Waals surface area contributed by atoms with Crippen LogP contribution >= 0.6 is 15.9 Å². The zero-order valence-corrected chi connectivity index (χ0v) is 13.0. The monoisotopic (exact) mass is 322 g/mol. The van der Waals surface area contributed by atoms with E-state index in [2.05, 4.69) is 39.0 Å². The number of hydrogen-bond acceptors (Lipinski definition) is 2. The lowest BCUT2D eigenvalue weighted by Gasteiger charge is -2.43. The van der Waals surface area contributed by atoms with Gasteiger partial charge in [0.1, 0.15) is 0 Å². The van der Waals surface area contributed by atoms with Gasteiger partial charge in [-0.3, -0.25) is 0 Å². The summed E-state index contributed by atoms with van der Waals surface area (Å²) in [6.45, 7) is 3.06. The van der Waals surface area contributed by atoms with Crippen LogP contribution in [0.5, 0.6) is 0 Å². The molecule has 2 fully saturated rings. The van der Waals surface area contributed by atoms with Gasteiger partial charge in [-0.2, -0.15) is 0 Å². The minimum Gasteiger partial charge on any atom is -0.371 e. The van der Waals surface area contributed by atoms with Crippen molar-refractivity contribution < 1.29 is 0 Å². The van der Waals surface area contributed by atoms with Crippen molar-refractivity contribution in [2.45, 2.75) is 38.6 Å². The van der Waals surface area contributed by atoms with E-state index in [9.17, 15) is 0 Å². The molecule has 1 aromatic rings. The molecule has 104 valence electrons. The Morgan fingerprint density at radius 3 is 2.74 bits per heavy atom. The molecule has 2 aliphatic rings. The lowest BCUT2D eigenvalue weighted by atomic mass is 9.75. The summed E-state index contributed by atoms with van der Waals surface area (Å²) in [4.78, 5) is 2.57. The number of benzene rings is 1. The summed E-state index contributed by atoms with van der Waals surface area (Å²) < 4.78 is 1.16. The fourth-order valence-electron chi connectivity index (χ4n) is 3.82. The van der Waals surface area contributed by atoms with Crippen molar-refractivity contribution in [3.63, 3.8) is 0 Å². The number of fused-ring (bicyclic) bond motifs is 1. The van der Waals surface area contributed by atoms with Gasteiger partial charge in [0.2, 0.25) is 0 Å². The Morgan fingerprint density at radius 1 is 1.16 bits per heavy atom. The van der Waals surface area contributed by atoms with Crippen molar-refractivity contribution in [1.82, 2.24) is 0 Å². The van der Waals surface area contributed by atoms with Crippen LogP contribution in [0.15, 0.2) is 22.7 Å². The maximum atomic E-state index is 5.90. The molecule has 1 heterocycles. The topological polar surface area (TPSA) is 29.3 Å². The van der Waals surface area contributed by atoms with E-state index in [1.807, 2.05) is 0 Å². The van der Waals surface area contributed by atoms with Crippen molar-refractivity contribution in [2.75, 3.05) is 18.0 Å². The molecule has 1 aromatic carbocycles. The Labute approximate surface area is 124 Å². The normalized spacial score (nSPS) is 27.2. The molecule has 1 aliphatic carbocycles. The van der Waals surface area contributed by atoms with Gasteiger partial charge in [0.05, 0.1) is 0 Å². The predicted octanol–water partition coefficient (Wildman–Crippen LogP) is 3.92. The first-order valence-corrected chi connectivity index (χ1v) is 8.30. The number of piperidine rings is 1. The molecule has 0 aromatic heterocycles. The van der Waals surface area contributed by atoms with Gasteiger partial charge in [0.25, 0.3) is 0 Å². The third-order valence-corrected chi connectivity index (χ3v) is 5.39. The van der Waals surface area contributed by atoms with Gasteiger partial charge < -0.3 is 10.6 Å². The number of halogens is 1. The van der Waals surface area contributed by atoms with Crippen molar-refractivity contribution >= 4 is 21.6 Å². The smallest absolute Gasteiger partial charge is 0.0423 e. The van der Waals surface area contributed by atoms with Crippen LogP contribution in [0.4, 0.5) is 5.69 Å². The highest BCUT2D eigenvalue weighted by molar-refractivity contribution is 9.10. The highest BCUT2D eigenvalue weighted by Gasteiger charge is 2.31. The second-order valence-electron chi connectivity index (χ2n) is 6.02. The highest BCUT2D eigenvalue weighted by Crippen LogP contribution is 2.38. The Hall–Kier alpha value is -0.540. The molecule has 0 bridgehead atoms. The van der Waals surface area contributed by atoms with Crippen molar-refractivity contribution in [2.24, 2.45) is 17.6 Å². The standard InChI is InChI=1S/C16H23BrN2/c17-15-6-5-13(10-18)16(9-15)19-8-7-12-3-1-2-4-14(12)11-19/h5-6,9,12,14H,1-4,7-8,10-11,18H2. The number of hydrogen-bond donors (Lipinski definition) is 1. The van der Waals surface area contributed by atoms with Gasteiger partial charge in [0, 0.05) is 29.8 Å². The molecule has 19 heavy (non-hydrogen) atoms. The third-order valence-electron chi connectivity index (χ3n) is 4.90. The SMILES string of the molecule is NCc1ccc(Br)cc1N1CCC2CCCCC2C1. The lowest BCUT2D eigenvalue weighted by molar-refractivity contribution is 0.202. The van der Waals surface area contributed by atoms with E-state index in [1.54, 1.807) is 0 Å². The van der Waals surface area contributed by atoms with Crippen LogP contribution in [0.1, 0.15) is 37.7 Å². The zero-order chi connectivity index (χ0) is 13.2. The van der Waals surface area contributed by atoms with Gasteiger partial charge in [-0.25, -0.2) is 0 Å². The molecular formula is C16H23BrN2. The van der Waals surface area contributed by atoms with E-state index in [1.165, 1.54) is 56.4 Å². The van der Waals surface area contributed by atoms with E-state index in [4.69, 9.17) is 5.73 Å². The van der Waals surface area contributed by atoms with Gasteiger partial charge >= 0.3 is 0 Å². The number of nitrogens with zero attached hydrogens (tertiary/aromatic N) is 1. The van der Waals surface area contributed by atoms with Crippen LogP contribution in [0, 0.1) is 11.8 Å². The quantitative estimate of drug-likeness (QED) is 0.894. The minimum atomic E-state index is 0.632. The molecule has 0 radical (unpaired) electrons. The molecule has 2 atom stereocenters. The van der Waals surface area contributed by atoms with E-state index in [0.29, 0.717) is 6.54 Å². The molecule has 0 amide bonds. The molecule has 1 saturated carbocycles. The largest absolute Gasteiger partial charge is 0.371 e. The summed E-state index contributed by atoms with van der Waals surface area (Å²) in [5, 5.41) is 0. The molecule has 2 nitrogen and oxygen atoms in total. The van der Waals surface area contributed by atoms with Crippen LogP contribution in [0.2, 0.25) is 0 Å². The van der Waals surface area contributed by atoms with Gasteiger partial charge in [-0.05, 0) is 42.4 Å². The van der Waals surface area contributed by atoms with E-state index in [-0.39, 0.29) is 0 Å². The van der Waals surface area contributed by atoms with E-state index in [0.717, 1.165) is 16.3 Å². The Bertz CT molecular complexity index is 446. The van der Waals surface area contributed by atoms with Crippen molar-refractivity contribution in [1.29, 1.82) is 0 Å². The summed E-state index contributed by atoms with van der Waals surface area (Å²) in [7, 11) is 0. The van der Waals surface area contributed by atoms with Gasteiger partial charge in [-0.15, -0.1) is 0 Å². The Kier molecular flexibility index (Phi) is 4.13. The number of rotatable bonds is 2. The first kappa shape index (κ1) is 13.4. The number of anilines is 1. The average Bonchev–Trinajstić information content (AvgIpc) is 2.46. The maximum absolute atomic E-state index is 5.90. The predicted molar refractivity (Wildman–Crippen MR) is 84.3 cm³/mol. The molecule has 2 N–H and O–H groups in total. The molecule has 2 unspecified atom stereocenters. The molecule has 0 spiro atoms. The first-order chi connectivity index (χ1) is 9.28. The third kappa shape index (κ3) is 2.82. The summed E-state index contributed by atoms with van der Waals surface area (Å²) in [5.74, 6) is 1.89. The van der Waals surface area contributed by atoms with Crippen LogP contribution < -0.4 is 10.6 Å². The second kappa shape index (κ2) is 5.84.